The van der Waals surface area contributed by atoms with Crippen LogP contribution in [-0.4, -0.2) is 13.2 Å². The van der Waals surface area contributed by atoms with Crippen molar-refractivity contribution in [3.05, 3.63) is 16.8 Å². The van der Waals surface area contributed by atoms with Crippen molar-refractivity contribution in [2.45, 2.75) is 0 Å². The molecule has 0 aliphatic carbocycles. The Kier molecular flexibility index (Phi) is 2.28. The fourth-order valence-corrected chi connectivity index (χ4v) is 1.09. The molecule has 4 heteroatoms. The maximum absolute atomic E-state index is 10.6. The Labute approximate surface area is 62.6 Å². The number of carbonyl (C=O) groups excluding carboxylic acids is 1. The van der Waals surface area contributed by atoms with Gasteiger partial charge in [0.15, 0.2) is 0 Å². The quantitative estimate of drug-likeness (QED) is 0.676. The van der Waals surface area contributed by atoms with Crippen LogP contribution in [0.15, 0.2) is 16.8 Å². The fraction of sp³-hybridized carbons (Fsp3) is 0.167. The van der Waals surface area contributed by atoms with Crippen LogP contribution >= 0.6 is 11.3 Å². The molecule has 0 fully saturated rings. The lowest BCUT2D eigenvalue weighted by molar-refractivity contribution is 0.187. The molecule has 1 N–H and O–H groups in total. The summed E-state index contributed by atoms with van der Waals surface area (Å²) in [5.74, 6) is 0. The zero-order chi connectivity index (χ0) is 7.40. The normalized spacial score (nSPS) is 8.90. The highest BCUT2D eigenvalue weighted by Gasteiger charge is 1.97. The Morgan fingerprint density at radius 2 is 2.60 bits per heavy atom. The number of nitrogens with one attached hydrogen (secondary N) is 1. The van der Waals surface area contributed by atoms with Crippen molar-refractivity contribution in [3.8, 4) is 0 Å². The fourth-order valence-electron chi connectivity index (χ4n) is 0.504. The summed E-state index contributed by atoms with van der Waals surface area (Å²) in [5, 5.41) is 6.23. The molecule has 0 bridgehead atoms. The van der Waals surface area contributed by atoms with E-state index in [4.69, 9.17) is 0 Å². The van der Waals surface area contributed by atoms with E-state index in [1.165, 1.54) is 18.4 Å². The molecule has 54 valence electrons. The van der Waals surface area contributed by atoms with Crippen molar-refractivity contribution >= 4 is 23.1 Å². The minimum atomic E-state index is -0.432. The van der Waals surface area contributed by atoms with Gasteiger partial charge in [0, 0.05) is 5.38 Å². The summed E-state index contributed by atoms with van der Waals surface area (Å²) in [5.41, 5.74) is 0.775. The van der Waals surface area contributed by atoms with E-state index in [2.05, 4.69) is 10.1 Å². The molecule has 1 aromatic rings. The summed E-state index contributed by atoms with van der Waals surface area (Å²) in [6, 6.07) is 1.81. The third-order valence-corrected chi connectivity index (χ3v) is 1.64. The van der Waals surface area contributed by atoms with Crippen LogP contribution in [-0.2, 0) is 4.74 Å². The smallest absolute Gasteiger partial charge is 0.411 e. The Morgan fingerprint density at radius 3 is 3.10 bits per heavy atom. The zero-order valence-corrected chi connectivity index (χ0v) is 6.27. The van der Waals surface area contributed by atoms with E-state index in [9.17, 15) is 4.79 Å². The van der Waals surface area contributed by atoms with Crippen LogP contribution in [0.3, 0.4) is 0 Å². The van der Waals surface area contributed by atoms with Gasteiger partial charge in [-0.15, -0.1) is 0 Å². The summed E-state index contributed by atoms with van der Waals surface area (Å²) in [7, 11) is 1.34. The van der Waals surface area contributed by atoms with Gasteiger partial charge in [-0.05, 0) is 11.4 Å². The van der Waals surface area contributed by atoms with Crippen LogP contribution in [0.4, 0.5) is 10.5 Å². The molecule has 0 saturated heterocycles. The summed E-state index contributed by atoms with van der Waals surface area (Å²) in [6.07, 6.45) is -0.432. The summed E-state index contributed by atoms with van der Waals surface area (Å²) in [4.78, 5) is 10.6. The van der Waals surface area contributed by atoms with Crippen LogP contribution in [0.5, 0.6) is 0 Å². The van der Waals surface area contributed by atoms with E-state index in [0.29, 0.717) is 0 Å². The van der Waals surface area contributed by atoms with Gasteiger partial charge >= 0.3 is 6.09 Å². The molecular weight excluding hydrogens is 150 g/mol. The third kappa shape index (κ3) is 1.73. The van der Waals surface area contributed by atoms with Crippen LogP contribution in [0.2, 0.25) is 0 Å². The highest BCUT2D eigenvalue weighted by atomic mass is 32.1. The molecule has 0 unspecified atom stereocenters. The van der Waals surface area contributed by atoms with E-state index in [1.807, 2.05) is 16.8 Å². The molecule has 1 amide bonds. The van der Waals surface area contributed by atoms with Crippen LogP contribution in [0, 0.1) is 0 Å². The lowest BCUT2D eigenvalue weighted by Crippen LogP contribution is -2.09. The zero-order valence-electron chi connectivity index (χ0n) is 5.46. The second-order valence-electron chi connectivity index (χ2n) is 1.63. The van der Waals surface area contributed by atoms with Crippen molar-refractivity contribution in [2.75, 3.05) is 12.4 Å². The van der Waals surface area contributed by atoms with Gasteiger partial charge in [0.25, 0.3) is 0 Å². The number of amides is 1. The number of carbonyl (C=O) groups is 1. The largest absolute Gasteiger partial charge is 0.453 e. The molecule has 0 aromatic carbocycles. The maximum Gasteiger partial charge on any atom is 0.411 e. The molecule has 0 radical (unpaired) electrons. The predicted octanol–water partition coefficient (Wildman–Crippen LogP) is 1.93. The second-order valence-corrected chi connectivity index (χ2v) is 2.41. The highest BCUT2D eigenvalue weighted by Crippen LogP contribution is 2.11. The number of ether oxygens (including phenoxy) is 1. The Bertz CT molecular complexity index is 208. The monoisotopic (exact) mass is 157 g/mol. The first-order chi connectivity index (χ1) is 4.83. The van der Waals surface area contributed by atoms with Gasteiger partial charge in [-0.1, -0.05) is 0 Å². The van der Waals surface area contributed by atoms with Crippen molar-refractivity contribution in [3.63, 3.8) is 0 Å². The van der Waals surface area contributed by atoms with Gasteiger partial charge in [0.1, 0.15) is 0 Å². The lowest BCUT2D eigenvalue weighted by atomic mass is 10.5. The van der Waals surface area contributed by atoms with Gasteiger partial charge < -0.3 is 4.74 Å². The van der Waals surface area contributed by atoms with Crippen molar-refractivity contribution in [2.24, 2.45) is 0 Å². The number of methoxy groups -OCH3 is 1. The van der Waals surface area contributed by atoms with E-state index in [1.54, 1.807) is 0 Å². The molecule has 0 saturated carbocycles. The number of hydrogen-bond donors (Lipinski definition) is 1. The van der Waals surface area contributed by atoms with Crippen LogP contribution < -0.4 is 5.32 Å². The predicted molar refractivity (Wildman–Crippen MR) is 40.3 cm³/mol. The highest BCUT2D eigenvalue weighted by molar-refractivity contribution is 7.08. The molecule has 0 atom stereocenters. The summed E-state index contributed by atoms with van der Waals surface area (Å²) >= 11 is 1.52. The minimum Gasteiger partial charge on any atom is -0.453 e. The molecule has 0 aliphatic rings. The average Bonchev–Trinajstić information content (AvgIpc) is 2.40. The SMILES string of the molecule is COC(=O)Nc1ccsc1. The second kappa shape index (κ2) is 3.22. The van der Waals surface area contributed by atoms with Crippen LogP contribution in [0.25, 0.3) is 0 Å². The third-order valence-electron chi connectivity index (χ3n) is 0.953. The van der Waals surface area contributed by atoms with Crippen molar-refractivity contribution in [1.29, 1.82) is 0 Å². The number of anilines is 1. The molecule has 0 spiro atoms. The van der Waals surface area contributed by atoms with Gasteiger partial charge in [-0.3, -0.25) is 5.32 Å². The van der Waals surface area contributed by atoms with Gasteiger partial charge in [0.05, 0.1) is 12.8 Å². The minimum absolute atomic E-state index is 0.432. The Balaban J connectivity index is 2.48. The van der Waals surface area contributed by atoms with E-state index in [-0.39, 0.29) is 0 Å². The van der Waals surface area contributed by atoms with E-state index < -0.39 is 6.09 Å². The van der Waals surface area contributed by atoms with Crippen LogP contribution in [0.1, 0.15) is 0 Å². The summed E-state index contributed by atoms with van der Waals surface area (Å²) in [6.45, 7) is 0. The number of rotatable bonds is 1. The van der Waals surface area contributed by atoms with Crippen molar-refractivity contribution in [1.82, 2.24) is 0 Å². The van der Waals surface area contributed by atoms with Gasteiger partial charge in [0.2, 0.25) is 0 Å². The first-order valence-electron chi connectivity index (χ1n) is 2.70. The topological polar surface area (TPSA) is 38.3 Å². The first kappa shape index (κ1) is 7.08. The molecule has 0 aliphatic heterocycles. The van der Waals surface area contributed by atoms with Gasteiger partial charge in [-0.25, -0.2) is 4.79 Å². The summed E-state index contributed by atoms with van der Waals surface area (Å²) < 4.78 is 4.38. The lowest BCUT2D eigenvalue weighted by Gasteiger charge is -1.97. The number of thiophene rings is 1. The number of hydrogen-bond acceptors (Lipinski definition) is 3. The molecule has 3 nitrogen and oxygen atoms in total. The Morgan fingerprint density at radius 1 is 1.80 bits per heavy atom. The van der Waals surface area contributed by atoms with E-state index >= 15 is 0 Å². The average molecular weight is 157 g/mol. The Hall–Kier alpha value is -1.03. The van der Waals surface area contributed by atoms with E-state index in [0.717, 1.165) is 5.69 Å². The molecule has 1 rings (SSSR count). The first-order valence-corrected chi connectivity index (χ1v) is 3.64. The molecule has 10 heavy (non-hydrogen) atoms. The molecular formula is C6H7NO2S. The maximum atomic E-state index is 10.6. The molecule has 1 heterocycles. The van der Waals surface area contributed by atoms with Gasteiger partial charge in [-0.2, -0.15) is 11.3 Å². The molecule has 1 aromatic heterocycles. The van der Waals surface area contributed by atoms with Crippen molar-refractivity contribution < 1.29 is 9.53 Å². The standard InChI is InChI=1S/C6H7NO2S/c1-9-6(8)7-5-2-3-10-4-5/h2-4H,1H3,(H,7,8).